The zero-order chi connectivity index (χ0) is 20.3. The van der Waals surface area contributed by atoms with Crippen LogP contribution in [0.2, 0.25) is 5.02 Å². The van der Waals surface area contributed by atoms with E-state index in [0.29, 0.717) is 16.0 Å². The molecule has 1 amide bonds. The van der Waals surface area contributed by atoms with Crippen molar-refractivity contribution < 1.29 is 9.59 Å². The molecule has 0 N–H and O–H groups in total. The molecule has 8 heteroatoms. The highest BCUT2D eigenvalue weighted by Crippen LogP contribution is 2.31. The molecule has 2 aromatic carbocycles. The number of aromatic nitrogens is 3. The molecule has 3 aromatic rings. The number of carbonyl (C=O) groups is 2. The zero-order valence-electron chi connectivity index (χ0n) is 15.7. The first kappa shape index (κ1) is 20.1. The number of para-hydroxylation sites is 1. The molecular weight excluding hydrogens is 396 g/mol. The average Bonchev–Trinajstić information content (AvgIpc) is 3.10. The van der Waals surface area contributed by atoms with Gasteiger partial charge in [-0.05, 0) is 43.3 Å². The maximum Gasteiger partial charge on any atom is 0.243 e. The molecule has 0 unspecified atom stereocenters. The van der Waals surface area contributed by atoms with Crippen LogP contribution in [0.1, 0.15) is 6.92 Å². The number of Topliss-reactive ketones (excluding diaryl/α,β-unsaturated/α-hetero) is 1. The summed E-state index contributed by atoms with van der Waals surface area (Å²) < 4.78 is 1.84. The quantitative estimate of drug-likeness (QED) is 0.454. The van der Waals surface area contributed by atoms with E-state index in [0.717, 1.165) is 23.0 Å². The number of amides is 1. The number of thioether (sulfide) groups is 1. The van der Waals surface area contributed by atoms with Crippen LogP contribution in [0.3, 0.4) is 0 Å². The van der Waals surface area contributed by atoms with Crippen LogP contribution in [0.25, 0.3) is 17.1 Å². The van der Waals surface area contributed by atoms with E-state index in [4.69, 9.17) is 11.6 Å². The second-order valence-corrected chi connectivity index (χ2v) is 7.83. The van der Waals surface area contributed by atoms with Gasteiger partial charge in [-0.25, -0.2) is 0 Å². The zero-order valence-corrected chi connectivity index (χ0v) is 17.2. The van der Waals surface area contributed by atoms with Gasteiger partial charge in [-0.2, -0.15) is 0 Å². The van der Waals surface area contributed by atoms with E-state index in [2.05, 4.69) is 10.2 Å². The maximum absolute atomic E-state index is 12.5. The molecule has 0 bridgehead atoms. The largest absolute Gasteiger partial charge is 0.347 e. The first-order chi connectivity index (χ1) is 13.4. The number of hydrogen-bond donors (Lipinski definition) is 0. The second kappa shape index (κ2) is 8.58. The molecule has 0 aliphatic carbocycles. The summed E-state index contributed by atoms with van der Waals surface area (Å²) in [6.45, 7) is 1.41. The smallest absolute Gasteiger partial charge is 0.243 e. The van der Waals surface area contributed by atoms with Crippen molar-refractivity contribution in [2.75, 3.05) is 14.1 Å². The molecule has 0 saturated heterocycles. The third kappa shape index (κ3) is 4.26. The van der Waals surface area contributed by atoms with Gasteiger partial charge in [0.25, 0.3) is 0 Å². The molecular formula is C20H19ClN4O2S. The van der Waals surface area contributed by atoms with Crippen LogP contribution < -0.4 is 0 Å². The Morgan fingerprint density at radius 3 is 2.25 bits per heavy atom. The number of rotatable bonds is 6. The molecule has 0 spiro atoms. The van der Waals surface area contributed by atoms with E-state index in [1.54, 1.807) is 26.2 Å². The van der Waals surface area contributed by atoms with E-state index in [9.17, 15) is 9.59 Å². The fourth-order valence-corrected chi connectivity index (χ4v) is 3.79. The van der Waals surface area contributed by atoms with Gasteiger partial charge in [0, 0.05) is 30.4 Å². The minimum absolute atomic E-state index is 0.237. The summed E-state index contributed by atoms with van der Waals surface area (Å²) in [5.41, 5.74) is 1.66. The lowest BCUT2D eigenvalue weighted by molar-refractivity contribution is -0.132. The van der Waals surface area contributed by atoms with E-state index in [1.165, 1.54) is 11.8 Å². The summed E-state index contributed by atoms with van der Waals surface area (Å²) in [6, 6.07) is 16.8. The van der Waals surface area contributed by atoms with Gasteiger partial charge in [0.15, 0.2) is 16.8 Å². The van der Waals surface area contributed by atoms with Crippen molar-refractivity contribution in [3.05, 3.63) is 59.6 Å². The van der Waals surface area contributed by atoms with E-state index in [-0.39, 0.29) is 11.7 Å². The molecule has 0 radical (unpaired) electrons. The van der Waals surface area contributed by atoms with Crippen molar-refractivity contribution in [2.45, 2.75) is 17.3 Å². The number of carbonyl (C=O) groups excluding carboxylic acids is 2. The standard InChI is InChI=1S/C20H19ClN4O2S/c1-13(26)17(19(27)24(2)3)28-20-23-22-18(14-9-11-15(21)12-10-14)25(20)16-7-5-4-6-8-16/h4-12,17H,1-3H3/t17-/m1/s1. The molecule has 0 saturated carbocycles. The lowest BCUT2D eigenvalue weighted by Gasteiger charge is -2.18. The lowest BCUT2D eigenvalue weighted by Crippen LogP contribution is -2.36. The summed E-state index contributed by atoms with van der Waals surface area (Å²) in [4.78, 5) is 26.0. The van der Waals surface area contributed by atoms with Gasteiger partial charge in [-0.1, -0.05) is 41.6 Å². The predicted octanol–water partition coefficient (Wildman–Crippen LogP) is 3.73. The molecule has 0 aliphatic heterocycles. The normalized spacial score (nSPS) is 11.9. The Morgan fingerprint density at radius 1 is 1.04 bits per heavy atom. The van der Waals surface area contributed by atoms with Crippen molar-refractivity contribution in [3.63, 3.8) is 0 Å². The topological polar surface area (TPSA) is 68.1 Å². The molecule has 144 valence electrons. The number of ketones is 1. The monoisotopic (exact) mass is 414 g/mol. The second-order valence-electron chi connectivity index (χ2n) is 6.33. The van der Waals surface area contributed by atoms with E-state index in [1.807, 2.05) is 47.0 Å². The summed E-state index contributed by atoms with van der Waals surface area (Å²) >= 11 is 7.10. The molecule has 3 rings (SSSR count). The van der Waals surface area contributed by atoms with Crippen LogP contribution in [0.15, 0.2) is 59.8 Å². The predicted molar refractivity (Wildman–Crippen MR) is 111 cm³/mol. The van der Waals surface area contributed by atoms with Gasteiger partial charge in [-0.15, -0.1) is 10.2 Å². The minimum Gasteiger partial charge on any atom is -0.347 e. The van der Waals surface area contributed by atoms with Crippen molar-refractivity contribution in [1.29, 1.82) is 0 Å². The van der Waals surface area contributed by atoms with Gasteiger partial charge < -0.3 is 4.90 Å². The van der Waals surface area contributed by atoms with Crippen molar-refractivity contribution >= 4 is 35.1 Å². The third-order valence-electron chi connectivity index (χ3n) is 4.01. The molecule has 28 heavy (non-hydrogen) atoms. The summed E-state index contributed by atoms with van der Waals surface area (Å²) in [7, 11) is 3.25. The first-order valence-corrected chi connectivity index (χ1v) is 9.79. The van der Waals surface area contributed by atoms with Crippen LogP contribution in [0.5, 0.6) is 0 Å². The van der Waals surface area contributed by atoms with Crippen LogP contribution in [-0.2, 0) is 9.59 Å². The highest BCUT2D eigenvalue weighted by atomic mass is 35.5. The maximum atomic E-state index is 12.5. The molecule has 1 aromatic heterocycles. The minimum atomic E-state index is -0.889. The Morgan fingerprint density at radius 2 is 1.68 bits per heavy atom. The Balaban J connectivity index is 2.10. The highest BCUT2D eigenvalue weighted by molar-refractivity contribution is 8.01. The molecule has 1 heterocycles. The van der Waals surface area contributed by atoms with Crippen molar-refractivity contribution in [2.24, 2.45) is 0 Å². The van der Waals surface area contributed by atoms with E-state index >= 15 is 0 Å². The van der Waals surface area contributed by atoms with Gasteiger partial charge >= 0.3 is 0 Å². The first-order valence-electron chi connectivity index (χ1n) is 8.53. The molecule has 1 atom stereocenters. The van der Waals surface area contributed by atoms with Gasteiger partial charge in [-0.3, -0.25) is 14.2 Å². The Labute approximate surface area is 172 Å². The van der Waals surface area contributed by atoms with Crippen LogP contribution in [0.4, 0.5) is 0 Å². The number of halogens is 1. The fraction of sp³-hybridized carbons (Fsp3) is 0.200. The Hall–Kier alpha value is -2.64. The number of hydrogen-bond acceptors (Lipinski definition) is 5. The Bertz CT molecular complexity index is 987. The van der Waals surface area contributed by atoms with Crippen molar-refractivity contribution in [1.82, 2.24) is 19.7 Å². The fourth-order valence-electron chi connectivity index (χ4n) is 2.59. The molecule has 6 nitrogen and oxygen atoms in total. The Kier molecular flexibility index (Phi) is 6.16. The van der Waals surface area contributed by atoms with Crippen LogP contribution >= 0.6 is 23.4 Å². The average molecular weight is 415 g/mol. The highest BCUT2D eigenvalue weighted by Gasteiger charge is 2.29. The van der Waals surface area contributed by atoms with Gasteiger partial charge in [0.1, 0.15) is 5.25 Å². The molecule has 0 fully saturated rings. The summed E-state index contributed by atoms with van der Waals surface area (Å²) in [5, 5.41) is 8.79. The number of benzene rings is 2. The van der Waals surface area contributed by atoms with Gasteiger partial charge in [0.05, 0.1) is 0 Å². The van der Waals surface area contributed by atoms with Crippen LogP contribution in [0, 0.1) is 0 Å². The van der Waals surface area contributed by atoms with E-state index < -0.39 is 5.25 Å². The summed E-state index contributed by atoms with van der Waals surface area (Å²) in [6.07, 6.45) is 0. The van der Waals surface area contributed by atoms with Crippen molar-refractivity contribution in [3.8, 4) is 17.1 Å². The van der Waals surface area contributed by atoms with Gasteiger partial charge in [0.2, 0.25) is 5.91 Å². The number of nitrogens with zero attached hydrogens (tertiary/aromatic N) is 4. The summed E-state index contributed by atoms with van der Waals surface area (Å²) in [5.74, 6) is 0.0810. The lowest BCUT2D eigenvalue weighted by atomic mass is 10.2. The third-order valence-corrected chi connectivity index (χ3v) is 5.50. The SMILES string of the molecule is CC(=O)[C@@H](Sc1nnc(-c2ccc(Cl)cc2)n1-c1ccccc1)C(=O)N(C)C. The molecule has 0 aliphatic rings. The van der Waals surface area contributed by atoms with Crippen LogP contribution in [-0.4, -0.2) is 50.7 Å².